The van der Waals surface area contributed by atoms with E-state index in [0.717, 1.165) is 56.4 Å². The van der Waals surface area contributed by atoms with Crippen LogP contribution < -0.4 is 15.5 Å². The molecule has 0 amide bonds. The zero-order chi connectivity index (χ0) is 37.5. The second kappa shape index (κ2) is 12.8. The number of aromatic nitrogens is 2. The summed E-state index contributed by atoms with van der Waals surface area (Å²) in [6.07, 6.45) is 24.7. The van der Waals surface area contributed by atoms with E-state index < -0.39 is 0 Å². The Hall–Kier alpha value is -6.91. The van der Waals surface area contributed by atoms with Gasteiger partial charge in [0.05, 0.1) is 22.9 Å². The molecule has 272 valence electrons. The minimum atomic E-state index is 0.314. The standard InChI is InChI=1S/C53H39N3O/c1-2-14-39(15-3-1)55-47-21-7-4-16-41(47)45-31-35(24-27-49(45)55)36-25-28-50-46(32-36)42-17-5-8-22-48(42)56(50)52-29-26-38(33-54-52)34-12-10-13-37(30-34)40-19-11-20-44-43-18-6-9-23-51(43)57-53(40)44/h1-24,26-33,36,41,45,47,49H,25H2. The van der Waals surface area contributed by atoms with Crippen molar-refractivity contribution in [3.05, 3.63) is 198 Å². The third-order valence-corrected chi connectivity index (χ3v) is 12.8. The lowest BCUT2D eigenvalue weighted by Crippen LogP contribution is -2.37. The largest absolute Gasteiger partial charge is 0.455 e. The van der Waals surface area contributed by atoms with Gasteiger partial charge in [0.15, 0.2) is 0 Å². The molecule has 5 unspecified atom stereocenters. The van der Waals surface area contributed by atoms with Crippen LogP contribution in [-0.4, -0.2) is 21.6 Å². The lowest BCUT2D eigenvalue weighted by atomic mass is 9.78. The summed E-state index contributed by atoms with van der Waals surface area (Å²) in [6.45, 7) is 0. The molecule has 4 heterocycles. The van der Waals surface area contributed by atoms with Gasteiger partial charge in [-0.25, -0.2) is 4.98 Å². The van der Waals surface area contributed by atoms with Gasteiger partial charge in [-0.2, -0.15) is 0 Å². The Kier molecular flexibility index (Phi) is 7.28. The van der Waals surface area contributed by atoms with E-state index in [1.165, 1.54) is 32.7 Å². The van der Waals surface area contributed by atoms with Crippen LogP contribution in [0.4, 0.5) is 5.69 Å². The second-order valence-corrected chi connectivity index (χ2v) is 15.8. The van der Waals surface area contributed by atoms with Crippen molar-refractivity contribution >= 4 is 50.7 Å². The molecule has 3 aliphatic carbocycles. The highest BCUT2D eigenvalue weighted by atomic mass is 16.3. The van der Waals surface area contributed by atoms with Crippen LogP contribution in [0.25, 0.3) is 73.1 Å². The molecule has 0 bridgehead atoms. The normalized spacial score (nSPS) is 21.9. The maximum atomic E-state index is 6.38. The van der Waals surface area contributed by atoms with Gasteiger partial charge in [-0.05, 0) is 65.6 Å². The highest BCUT2D eigenvalue weighted by Gasteiger charge is 2.46. The van der Waals surface area contributed by atoms with Crippen LogP contribution >= 0.6 is 0 Å². The maximum absolute atomic E-state index is 6.38. The Balaban J connectivity index is 0.880. The number of allylic oxidation sites excluding steroid dienone is 4. The number of anilines is 1. The van der Waals surface area contributed by atoms with E-state index in [2.05, 4.69) is 185 Å². The van der Waals surface area contributed by atoms with Gasteiger partial charge in [-0.1, -0.05) is 146 Å². The zero-order valence-corrected chi connectivity index (χ0v) is 31.3. The van der Waals surface area contributed by atoms with Gasteiger partial charge in [0.25, 0.3) is 0 Å². The van der Waals surface area contributed by atoms with Crippen LogP contribution in [0.15, 0.2) is 192 Å². The molecule has 5 atom stereocenters. The van der Waals surface area contributed by atoms with Gasteiger partial charge in [-0.15, -0.1) is 0 Å². The predicted molar refractivity (Wildman–Crippen MR) is 234 cm³/mol. The highest BCUT2D eigenvalue weighted by molar-refractivity contribution is 6.09. The zero-order valence-electron chi connectivity index (χ0n) is 31.3. The third-order valence-electron chi connectivity index (χ3n) is 12.8. The quantitative estimate of drug-likeness (QED) is 0.177. The van der Waals surface area contributed by atoms with Crippen LogP contribution in [0.1, 0.15) is 6.42 Å². The number of pyridine rings is 1. The number of furan rings is 1. The monoisotopic (exact) mass is 733 g/mol. The predicted octanol–water partition coefficient (Wildman–Crippen LogP) is 11.0. The Bertz CT molecular complexity index is 3140. The molecular formula is C53H39N3O. The summed E-state index contributed by atoms with van der Waals surface area (Å²) in [5, 5.41) is 6.07. The van der Waals surface area contributed by atoms with Crippen LogP contribution in [-0.2, 0) is 0 Å². The lowest BCUT2D eigenvalue weighted by Gasteiger charge is -2.32. The molecule has 57 heavy (non-hydrogen) atoms. The van der Waals surface area contributed by atoms with Gasteiger partial charge in [-0.3, -0.25) is 4.57 Å². The van der Waals surface area contributed by atoms with Gasteiger partial charge in [0.2, 0.25) is 0 Å². The number of nitrogens with zero attached hydrogens (tertiary/aromatic N) is 3. The van der Waals surface area contributed by atoms with Crippen molar-refractivity contribution in [3.63, 3.8) is 0 Å². The Morgan fingerprint density at radius 1 is 0.614 bits per heavy atom. The second-order valence-electron chi connectivity index (χ2n) is 15.8. The summed E-state index contributed by atoms with van der Waals surface area (Å²) in [4.78, 5) is 7.75. The molecule has 1 saturated heterocycles. The topological polar surface area (TPSA) is 34.2 Å². The first-order chi connectivity index (χ1) is 28.3. The van der Waals surface area contributed by atoms with Crippen molar-refractivity contribution in [2.24, 2.45) is 17.8 Å². The Morgan fingerprint density at radius 3 is 2.32 bits per heavy atom. The number of rotatable bonds is 5. The van der Waals surface area contributed by atoms with E-state index in [4.69, 9.17) is 9.40 Å². The van der Waals surface area contributed by atoms with E-state index in [1.54, 1.807) is 0 Å². The summed E-state index contributed by atoms with van der Waals surface area (Å²) < 4.78 is 8.73. The summed E-state index contributed by atoms with van der Waals surface area (Å²) in [7, 11) is 0. The molecular weight excluding hydrogens is 695 g/mol. The van der Waals surface area contributed by atoms with Crippen molar-refractivity contribution in [2.45, 2.75) is 18.5 Å². The van der Waals surface area contributed by atoms with Crippen molar-refractivity contribution in [1.82, 2.24) is 9.55 Å². The highest BCUT2D eigenvalue weighted by Crippen LogP contribution is 2.46. The minimum Gasteiger partial charge on any atom is -0.455 e. The van der Waals surface area contributed by atoms with Crippen molar-refractivity contribution in [1.29, 1.82) is 0 Å². The van der Waals surface area contributed by atoms with Crippen molar-refractivity contribution in [3.8, 4) is 28.1 Å². The molecule has 12 rings (SSSR count). The molecule has 0 saturated carbocycles. The first-order valence-corrected chi connectivity index (χ1v) is 20.1. The fourth-order valence-electron chi connectivity index (χ4n) is 10.1. The first-order valence-electron chi connectivity index (χ1n) is 20.1. The van der Waals surface area contributed by atoms with E-state index in [1.807, 2.05) is 18.3 Å². The van der Waals surface area contributed by atoms with E-state index in [-0.39, 0.29) is 0 Å². The van der Waals surface area contributed by atoms with E-state index >= 15 is 0 Å². The van der Waals surface area contributed by atoms with Crippen molar-refractivity contribution in [2.75, 3.05) is 4.90 Å². The number of para-hydroxylation sites is 4. The van der Waals surface area contributed by atoms with Gasteiger partial charge < -0.3 is 9.32 Å². The fraction of sp³-hybridized carbons (Fsp3) is 0.113. The maximum Gasteiger partial charge on any atom is 0.143 e. The molecule has 1 fully saturated rings. The SMILES string of the molecule is C1=CC2C3C=C(C4C=c5c(n(-c6ccc(-c7cccc(-c8cccc9c8oc8ccccc89)c7)cn6)c6ccccc56)=CC4)C=CC3N(c3ccccc3)C2C=C1. The number of hydrogen-bond acceptors (Lipinski definition) is 3. The fourth-order valence-corrected chi connectivity index (χ4v) is 10.1. The molecule has 1 aliphatic heterocycles. The van der Waals surface area contributed by atoms with Crippen LogP contribution in [0.3, 0.4) is 0 Å². The van der Waals surface area contributed by atoms with E-state index in [9.17, 15) is 0 Å². The molecule has 0 radical (unpaired) electrons. The molecule has 4 aliphatic rings. The molecule has 4 heteroatoms. The minimum absolute atomic E-state index is 0.314. The van der Waals surface area contributed by atoms with Crippen LogP contribution in [0.2, 0.25) is 0 Å². The smallest absolute Gasteiger partial charge is 0.143 e. The average Bonchev–Trinajstić information content (AvgIpc) is 3.94. The van der Waals surface area contributed by atoms with Gasteiger partial charge >= 0.3 is 0 Å². The molecule has 8 aromatic rings. The Morgan fingerprint density at radius 2 is 1.40 bits per heavy atom. The lowest BCUT2D eigenvalue weighted by molar-refractivity contribution is 0.520. The van der Waals surface area contributed by atoms with Crippen molar-refractivity contribution < 1.29 is 4.42 Å². The molecule has 5 aromatic carbocycles. The molecule has 3 aromatic heterocycles. The van der Waals surface area contributed by atoms with Gasteiger partial charge in [0, 0.05) is 62.1 Å². The molecule has 0 spiro atoms. The Labute approximate surface area is 331 Å². The number of fused-ring (bicyclic) bond motifs is 9. The third kappa shape index (κ3) is 5.10. The average molecular weight is 734 g/mol. The number of hydrogen-bond donors (Lipinski definition) is 0. The summed E-state index contributed by atoms with van der Waals surface area (Å²) in [5.41, 5.74) is 10.2. The molecule has 4 nitrogen and oxygen atoms in total. The summed E-state index contributed by atoms with van der Waals surface area (Å²) >= 11 is 0. The van der Waals surface area contributed by atoms with Crippen LogP contribution in [0, 0.1) is 17.8 Å². The number of benzene rings is 5. The first kappa shape index (κ1) is 32.3. The van der Waals surface area contributed by atoms with Gasteiger partial charge in [0.1, 0.15) is 17.0 Å². The summed E-state index contributed by atoms with van der Waals surface area (Å²) in [5.74, 6) is 2.12. The summed E-state index contributed by atoms with van der Waals surface area (Å²) in [6, 6.07) is 48.2. The van der Waals surface area contributed by atoms with E-state index in [0.29, 0.717) is 29.8 Å². The molecule has 0 N–H and O–H groups in total. The van der Waals surface area contributed by atoms with Crippen LogP contribution in [0.5, 0.6) is 0 Å².